The second kappa shape index (κ2) is 9.92. The maximum atomic E-state index is 13.2. The number of hydrogen-bond acceptors (Lipinski definition) is 5. The van der Waals surface area contributed by atoms with Gasteiger partial charge in [-0.15, -0.1) is 10.2 Å². The summed E-state index contributed by atoms with van der Waals surface area (Å²) < 4.78 is 21.1. The van der Waals surface area contributed by atoms with Gasteiger partial charge in [0, 0.05) is 17.4 Å². The number of halogens is 2. The fourth-order valence-corrected chi connectivity index (χ4v) is 4.58. The molecule has 0 radical (unpaired) electrons. The van der Waals surface area contributed by atoms with Crippen molar-refractivity contribution < 1.29 is 9.13 Å². The first-order chi connectivity index (χ1) is 14.6. The van der Waals surface area contributed by atoms with Gasteiger partial charge in [0.05, 0.1) is 18.7 Å². The van der Waals surface area contributed by atoms with Crippen LogP contribution in [0.3, 0.4) is 0 Å². The van der Waals surface area contributed by atoms with Crippen molar-refractivity contribution in [2.24, 2.45) is 5.73 Å². The van der Waals surface area contributed by atoms with Gasteiger partial charge in [0.2, 0.25) is 0 Å². The van der Waals surface area contributed by atoms with Crippen LogP contribution in [0.1, 0.15) is 35.8 Å². The monoisotopic (exact) mass is 446 g/mol. The standard InChI is InChI=1S/C22H24ClFN4OS/c23-17-7-3-15(4-8-17)12-20(25)21-26-27-22(28(21)13-19-2-1-11-29-19)30-14-16-5-9-18(24)10-6-16/h3-10,19-20H,1-2,11-14,25H2. The molecule has 5 nitrogen and oxygen atoms in total. The molecule has 1 aromatic heterocycles. The second-order valence-corrected chi connectivity index (χ2v) is 8.82. The maximum absolute atomic E-state index is 13.2. The average molecular weight is 447 g/mol. The van der Waals surface area contributed by atoms with E-state index in [0.717, 1.165) is 41.6 Å². The lowest BCUT2D eigenvalue weighted by Crippen LogP contribution is -2.23. The molecule has 0 amide bonds. The van der Waals surface area contributed by atoms with E-state index in [0.29, 0.717) is 23.7 Å². The molecule has 2 unspecified atom stereocenters. The Bertz CT molecular complexity index is 958. The SMILES string of the molecule is NC(Cc1ccc(Cl)cc1)c1nnc(SCc2ccc(F)cc2)n1CC1CCCO1. The topological polar surface area (TPSA) is 66.0 Å². The Labute approximate surface area is 184 Å². The van der Waals surface area contributed by atoms with E-state index in [4.69, 9.17) is 22.1 Å². The van der Waals surface area contributed by atoms with Gasteiger partial charge in [-0.3, -0.25) is 0 Å². The molecule has 158 valence electrons. The maximum Gasteiger partial charge on any atom is 0.191 e. The number of nitrogens with zero attached hydrogens (tertiary/aromatic N) is 3. The van der Waals surface area contributed by atoms with Crippen molar-refractivity contribution in [1.82, 2.24) is 14.8 Å². The predicted molar refractivity (Wildman–Crippen MR) is 117 cm³/mol. The molecule has 0 aliphatic carbocycles. The zero-order chi connectivity index (χ0) is 20.9. The Hall–Kier alpha value is -1.93. The zero-order valence-corrected chi connectivity index (χ0v) is 18.1. The van der Waals surface area contributed by atoms with Crippen LogP contribution in [0, 0.1) is 5.82 Å². The van der Waals surface area contributed by atoms with Gasteiger partial charge >= 0.3 is 0 Å². The fraction of sp³-hybridized carbons (Fsp3) is 0.364. The van der Waals surface area contributed by atoms with Crippen LogP contribution >= 0.6 is 23.4 Å². The van der Waals surface area contributed by atoms with Gasteiger partial charge in [0.15, 0.2) is 11.0 Å². The molecule has 30 heavy (non-hydrogen) atoms. The Kier molecular flexibility index (Phi) is 7.04. The normalized spacial score (nSPS) is 17.4. The molecule has 1 aliphatic heterocycles. The third kappa shape index (κ3) is 5.40. The molecular weight excluding hydrogens is 423 g/mol. The van der Waals surface area contributed by atoms with Gasteiger partial charge in [-0.05, 0) is 54.7 Å². The van der Waals surface area contributed by atoms with Crippen molar-refractivity contribution in [3.8, 4) is 0 Å². The molecular formula is C22H24ClFN4OS. The molecule has 2 aromatic carbocycles. The molecule has 1 aliphatic rings. The minimum absolute atomic E-state index is 0.146. The highest BCUT2D eigenvalue weighted by Gasteiger charge is 2.24. The second-order valence-electron chi connectivity index (χ2n) is 7.44. The summed E-state index contributed by atoms with van der Waals surface area (Å²) in [5.41, 5.74) is 8.65. The molecule has 2 atom stereocenters. The summed E-state index contributed by atoms with van der Waals surface area (Å²) in [7, 11) is 0. The lowest BCUT2D eigenvalue weighted by molar-refractivity contribution is 0.0938. The van der Waals surface area contributed by atoms with Crippen LogP contribution in [0.5, 0.6) is 0 Å². The third-order valence-corrected chi connectivity index (χ3v) is 6.43. The van der Waals surface area contributed by atoms with Gasteiger partial charge in [0.25, 0.3) is 0 Å². The number of ether oxygens (including phenoxy) is 1. The summed E-state index contributed by atoms with van der Waals surface area (Å²) in [6, 6.07) is 13.9. The minimum Gasteiger partial charge on any atom is -0.376 e. The Morgan fingerprint density at radius 1 is 1.13 bits per heavy atom. The highest BCUT2D eigenvalue weighted by molar-refractivity contribution is 7.98. The molecule has 3 aromatic rings. The fourth-order valence-electron chi connectivity index (χ4n) is 3.54. The summed E-state index contributed by atoms with van der Waals surface area (Å²) in [5, 5.41) is 10.3. The smallest absolute Gasteiger partial charge is 0.191 e. The van der Waals surface area contributed by atoms with Gasteiger partial charge in [-0.25, -0.2) is 4.39 Å². The van der Waals surface area contributed by atoms with Crippen molar-refractivity contribution in [3.63, 3.8) is 0 Å². The molecule has 0 saturated carbocycles. The van der Waals surface area contributed by atoms with Gasteiger partial charge in [-0.2, -0.15) is 0 Å². The number of hydrogen-bond donors (Lipinski definition) is 1. The molecule has 0 spiro atoms. The molecule has 4 rings (SSSR count). The first kappa shape index (κ1) is 21.3. The Morgan fingerprint density at radius 3 is 2.57 bits per heavy atom. The number of rotatable bonds is 8. The van der Waals surface area contributed by atoms with Crippen molar-refractivity contribution >= 4 is 23.4 Å². The summed E-state index contributed by atoms with van der Waals surface area (Å²) in [6.07, 6.45) is 2.87. The van der Waals surface area contributed by atoms with E-state index < -0.39 is 0 Å². The minimum atomic E-state index is -0.291. The van der Waals surface area contributed by atoms with Crippen LogP contribution in [-0.2, 0) is 23.5 Å². The van der Waals surface area contributed by atoms with Crippen molar-refractivity contribution in [3.05, 3.63) is 76.3 Å². The highest BCUT2D eigenvalue weighted by atomic mass is 35.5. The van der Waals surface area contributed by atoms with Crippen LogP contribution in [0.2, 0.25) is 5.02 Å². The van der Waals surface area contributed by atoms with E-state index in [1.54, 1.807) is 23.9 Å². The van der Waals surface area contributed by atoms with E-state index in [1.807, 2.05) is 24.3 Å². The van der Waals surface area contributed by atoms with Crippen molar-refractivity contribution in [1.29, 1.82) is 0 Å². The van der Waals surface area contributed by atoms with Crippen LogP contribution in [0.25, 0.3) is 0 Å². The lowest BCUT2D eigenvalue weighted by Gasteiger charge is -2.18. The van der Waals surface area contributed by atoms with Gasteiger partial charge in [0.1, 0.15) is 5.82 Å². The van der Waals surface area contributed by atoms with E-state index in [9.17, 15) is 4.39 Å². The Balaban J connectivity index is 1.52. The number of aromatic nitrogens is 3. The first-order valence-electron chi connectivity index (χ1n) is 10.0. The molecule has 2 N–H and O–H groups in total. The van der Waals surface area contributed by atoms with E-state index in [2.05, 4.69) is 14.8 Å². The molecule has 1 fully saturated rings. The lowest BCUT2D eigenvalue weighted by atomic mass is 10.1. The number of nitrogens with two attached hydrogens (primary N) is 1. The quantitative estimate of drug-likeness (QED) is 0.504. The van der Waals surface area contributed by atoms with Crippen LogP contribution < -0.4 is 5.73 Å². The van der Waals surface area contributed by atoms with Crippen LogP contribution in [0.4, 0.5) is 4.39 Å². The summed E-state index contributed by atoms with van der Waals surface area (Å²) in [6.45, 7) is 1.47. The highest BCUT2D eigenvalue weighted by Crippen LogP contribution is 2.27. The van der Waals surface area contributed by atoms with E-state index in [1.165, 1.54) is 12.1 Å². The van der Waals surface area contributed by atoms with E-state index in [-0.39, 0.29) is 18.0 Å². The average Bonchev–Trinajstić information content (AvgIpc) is 3.40. The molecule has 1 saturated heterocycles. The number of benzene rings is 2. The third-order valence-electron chi connectivity index (χ3n) is 5.14. The van der Waals surface area contributed by atoms with Crippen LogP contribution in [-0.4, -0.2) is 27.5 Å². The number of thioether (sulfide) groups is 1. The first-order valence-corrected chi connectivity index (χ1v) is 11.4. The molecule has 0 bridgehead atoms. The van der Waals surface area contributed by atoms with Crippen molar-refractivity contribution in [2.75, 3.05) is 6.61 Å². The van der Waals surface area contributed by atoms with Gasteiger partial charge in [-0.1, -0.05) is 47.6 Å². The zero-order valence-electron chi connectivity index (χ0n) is 16.5. The summed E-state index contributed by atoms with van der Waals surface area (Å²) >= 11 is 7.56. The van der Waals surface area contributed by atoms with E-state index >= 15 is 0 Å². The van der Waals surface area contributed by atoms with Crippen LogP contribution in [0.15, 0.2) is 53.7 Å². The predicted octanol–water partition coefficient (Wildman–Crippen LogP) is 4.78. The molecule has 8 heteroatoms. The Morgan fingerprint density at radius 2 is 1.87 bits per heavy atom. The molecule has 2 heterocycles. The summed E-state index contributed by atoms with van der Waals surface area (Å²) in [5.74, 6) is 1.19. The van der Waals surface area contributed by atoms with Gasteiger partial charge < -0.3 is 15.0 Å². The van der Waals surface area contributed by atoms with Crippen molar-refractivity contribution in [2.45, 2.75) is 48.9 Å². The summed E-state index contributed by atoms with van der Waals surface area (Å²) in [4.78, 5) is 0. The largest absolute Gasteiger partial charge is 0.376 e.